The number of benzene rings is 3. The Kier molecular flexibility index (Phi) is 5.05. The van der Waals surface area contributed by atoms with E-state index in [1.54, 1.807) is 24.3 Å². The largest absolute Gasteiger partial charge is 0.507 e. The Hall–Kier alpha value is -4.32. The van der Waals surface area contributed by atoms with E-state index in [1.165, 1.54) is 30.7 Å². The Morgan fingerprint density at radius 1 is 0.767 bits per heavy atom. The molecule has 0 bridgehead atoms. The Morgan fingerprint density at radius 2 is 1.50 bits per heavy atom. The highest BCUT2D eigenvalue weighted by atomic mass is 16.4. The normalized spacial score (nSPS) is 10.5. The average molecular weight is 399 g/mol. The van der Waals surface area contributed by atoms with Crippen LogP contribution >= 0.6 is 0 Å². The van der Waals surface area contributed by atoms with Gasteiger partial charge in [-0.15, -0.1) is 0 Å². The van der Waals surface area contributed by atoms with Crippen LogP contribution in [0.3, 0.4) is 0 Å². The molecule has 0 unspecified atom stereocenters. The smallest absolute Gasteiger partial charge is 0.337 e. The number of aromatic hydroxyl groups is 1. The monoisotopic (exact) mass is 399 g/mol. The summed E-state index contributed by atoms with van der Waals surface area (Å²) >= 11 is 0. The molecular weight excluding hydrogens is 382 g/mol. The van der Waals surface area contributed by atoms with E-state index in [-0.39, 0.29) is 22.6 Å². The first kappa shape index (κ1) is 19.0. The lowest BCUT2D eigenvalue weighted by Gasteiger charge is -2.12. The van der Waals surface area contributed by atoms with Gasteiger partial charge >= 0.3 is 5.97 Å². The van der Waals surface area contributed by atoms with Gasteiger partial charge in [-0.05, 0) is 47.0 Å². The predicted molar refractivity (Wildman–Crippen MR) is 113 cm³/mol. The topological polar surface area (TPSA) is 99.8 Å². The van der Waals surface area contributed by atoms with Crippen molar-refractivity contribution in [2.45, 2.75) is 0 Å². The number of anilines is 1. The van der Waals surface area contributed by atoms with Gasteiger partial charge in [0.25, 0.3) is 5.91 Å². The molecule has 6 nitrogen and oxygen atoms in total. The molecule has 0 aliphatic rings. The molecule has 0 atom stereocenters. The quantitative estimate of drug-likeness (QED) is 0.424. The highest BCUT2D eigenvalue weighted by Crippen LogP contribution is 2.29. The summed E-state index contributed by atoms with van der Waals surface area (Å²) in [6.07, 6.45) is 3.04. The van der Waals surface area contributed by atoms with Gasteiger partial charge in [-0.2, -0.15) is 0 Å². The molecule has 6 heteroatoms. The van der Waals surface area contributed by atoms with Gasteiger partial charge in [0.15, 0.2) is 0 Å². The molecule has 4 rings (SSSR count). The van der Waals surface area contributed by atoms with E-state index in [0.717, 1.165) is 16.7 Å². The third kappa shape index (κ3) is 3.79. The van der Waals surface area contributed by atoms with Gasteiger partial charge in [0.1, 0.15) is 5.75 Å². The molecule has 30 heavy (non-hydrogen) atoms. The minimum Gasteiger partial charge on any atom is -0.507 e. The molecule has 148 valence electrons. The van der Waals surface area contributed by atoms with Crippen LogP contribution in [0.4, 0.5) is 5.69 Å². The fourth-order valence-corrected chi connectivity index (χ4v) is 3.16. The van der Waals surface area contributed by atoms with Gasteiger partial charge in [-0.1, -0.05) is 42.5 Å². The molecule has 4 aromatic rings. The van der Waals surface area contributed by atoms with Crippen molar-refractivity contribution in [3.63, 3.8) is 0 Å². The van der Waals surface area contributed by atoms with Gasteiger partial charge < -0.3 is 19.9 Å². The zero-order chi connectivity index (χ0) is 21.1. The number of carboxylic acid groups (broad SMARTS) is 1. The highest BCUT2D eigenvalue weighted by Gasteiger charge is 2.18. The highest BCUT2D eigenvalue weighted by molar-refractivity contribution is 6.10. The number of carbonyl (C=O) groups excluding carboxylic acids is 1. The molecule has 0 aliphatic heterocycles. The number of hydrogen-bond acceptors (Lipinski definition) is 4. The number of phenols is 1. The van der Waals surface area contributed by atoms with Crippen LogP contribution in [0.25, 0.3) is 22.3 Å². The van der Waals surface area contributed by atoms with Crippen molar-refractivity contribution in [3.8, 4) is 28.0 Å². The van der Waals surface area contributed by atoms with Crippen LogP contribution in [0.15, 0.2) is 89.7 Å². The summed E-state index contributed by atoms with van der Waals surface area (Å²) in [6.45, 7) is 0. The molecule has 0 radical (unpaired) electrons. The molecule has 0 fully saturated rings. The summed E-state index contributed by atoms with van der Waals surface area (Å²) in [7, 11) is 0. The lowest BCUT2D eigenvalue weighted by atomic mass is 10.0. The first-order valence-electron chi connectivity index (χ1n) is 9.12. The fraction of sp³-hybridized carbons (Fsp3) is 0. The van der Waals surface area contributed by atoms with E-state index >= 15 is 0 Å². The van der Waals surface area contributed by atoms with Crippen LogP contribution in [0.1, 0.15) is 20.7 Å². The molecule has 1 aromatic heterocycles. The summed E-state index contributed by atoms with van der Waals surface area (Å²) in [5, 5.41) is 22.3. The molecule has 0 saturated heterocycles. The molecule has 1 amide bonds. The van der Waals surface area contributed by atoms with Crippen molar-refractivity contribution >= 4 is 17.6 Å². The van der Waals surface area contributed by atoms with E-state index in [9.17, 15) is 19.8 Å². The van der Waals surface area contributed by atoms with Crippen LogP contribution in [0, 0.1) is 0 Å². The molecule has 0 spiro atoms. The second-order valence-electron chi connectivity index (χ2n) is 6.63. The number of carbonyl (C=O) groups is 2. The maximum Gasteiger partial charge on any atom is 0.337 e. The number of aromatic carboxylic acids is 1. The van der Waals surface area contributed by atoms with Crippen molar-refractivity contribution in [3.05, 3.63) is 96.4 Å². The lowest BCUT2D eigenvalue weighted by Crippen LogP contribution is -2.15. The molecule has 3 aromatic carbocycles. The number of rotatable bonds is 5. The lowest BCUT2D eigenvalue weighted by molar-refractivity contribution is 0.0698. The van der Waals surface area contributed by atoms with E-state index in [1.807, 2.05) is 30.3 Å². The van der Waals surface area contributed by atoms with Gasteiger partial charge in [0, 0.05) is 5.56 Å². The minimum atomic E-state index is -1.17. The van der Waals surface area contributed by atoms with Crippen LogP contribution in [0.5, 0.6) is 5.75 Å². The Labute approximate surface area is 172 Å². The van der Waals surface area contributed by atoms with E-state index in [2.05, 4.69) is 5.32 Å². The number of furan rings is 1. The predicted octanol–water partition coefficient (Wildman–Crippen LogP) is 5.27. The summed E-state index contributed by atoms with van der Waals surface area (Å²) in [5.74, 6) is -2.00. The van der Waals surface area contributed by atoms with Crippen molar-refractivity contribution in [2.24, 2.45) is 0 Å². The van der Waals surface area contributed by atoms with Gasteiger partial charge in [-0.3, -0.25) is 4.79 Å². The second kappa shape index (κ2) is 7.97. The third-order valence-electron chi connectivity index (χ3n) is 4.70. The van der Waals surface area contributed by atoms with Crippen molar-refractivity contribution in [1.29, 1.82) is 0 Å². The number of phenolic OH excluding ortho intramolecular Hbond substituents is 1. The molecule has 0 saturated carbocycles. The Balaban J connectivity index is 1.71. The molecule has 1 heterocycles. The number of carboxylic acids is 1. The maximum absolute atomic E-state index is 12.9. The summed E-state index contributed by atoms with van der Waals surface area (Å²) in [5.41, 5.74) is 3.19. The first-order chi connectivity index (χ1) is 14.5. The van der Waals surface area contributed by atoms with E-state index < -0.39 is 11.9 Å². The standard InChI is InChI=1S/C24H17NO5/c26-22-9-7-16(18-10-11-30-14-18)12-20(22)23(27)25-21-13-17(6-8-19(21)24(28)29)15-4-2-1-3-5-15/h1-14,26H,(H,25,27)(H,28,29). The van der Waals surface area contributed by atoms with Crippen LogP contribution in [-0.2, 0) is 0 Å². The van der Waals surface area contributed by atoms with Gasteiger partial charge in [-0.25, -0.2) is 4.79 Å². The van der Waals surface area contributed by atoms with Crippen molar-refractivity contribution in [1.82, 2.24) is 0 Å². The zero-order valence-electron chi connectivity index (χ0n) is 15.7. The van der Waals surface area contributed by atoms with Crippen LogP contribution in [-0.4, -0.2) is 22.1 Å². The fourth-order valence-electron chi connectivity index (χ4n) is 3.16. The zero-order valence-corrected chi connectivity index (χ0v) is 15.7. The maximum atomic E-state index is 12.9. The molecule has 3 N–H and O–H groups in total. The van der Waals surface area contributed by atoms with E-state index in [4.69, 9.17) is 4.42 Å². The van der Waals surface area contributed by atoms with Crippen LogP contribution in [0.2, 0.25) is 0 Å². The SMILES string of the molecule is O=C(Nc1cc(-c2ccccc2)ccc1C(=O)O)c1cc(-c2ccoc2)ccc1O. The number of hydrogen-bond donors (Lipinski definition) is 3. The van der Waals surface area contributed by atoms with Gasteiger partial charge in [0.05, 0.1) is 29.3 Å². The van der Waals surface area contributed by atoms with Crippen LogP contribution < -0.4 is 5.32 Å². The summed E-state index contributed by atoms with van der Waals surface area (Å²) < 4.78 is 5.06. The number of nitrogens with one attached hydrogen (secondary N) is 1. The number of amides is 1. The summed E-state index contributed by atoms with van der Waals surface area (Å²) in [6, 6.07) is 20.5. The minimum absolute atomic E-state index is 0.0233. The average Bonchev–Trinajstić information content (AvgIpc) is 3.29. The second-order valence-corrected chi connectivity index (χ2v) is 6.63. The van der Waals surface area contributed by atoms with Crippen molar-refractivity contribution < 1.29 is 24.2 Å². The molecular formula is C24H17NO5. The molecule has 0 aliphatic carbocycles. The first-order valence-corrected chi connectivity index (χ1v) is 9.12. The van der Waals surface area contributed by atoms with Gasteiger partial charge in [0.2, 0.25) is 0 Å². The Morgan fingerprint density at radius 3 is 2.20 bits per heavy atom. The third-order valence-corrected chi connectivity index (χ3v) is 4.70. The van der Waals surface area contributed by atoms with Crippen molar-refractivity contribution in [2.75, 3.05) is 5.32 Å². The Bertz CT molecular complexity index is 1210. The van der Waals surface area contributed by atoms with E-state index in [0.29, 0.717) is 5.56 Å². The summed E-state index contributed by atoms with van der Waals surface area (Å²) in [4.78, 5) is 24.5.